The quantitative estimate of drug-likeness (QED) is 0.245. The number of rotatable bonds is 1. The first-order valence-electron chi connectivity index (χ1n) is 10.9. The van der Waals surface area contributed by atoms with Crippen molar-refractivity contribution in [2.75, 3.05) is 0 Å². The zero-order chi connectivity index (χ0) is 25.5. The van der Waals surface area contributed by atoms with E-state index in [-0.39, 0.29) is 44.5 Å². The maximum atomic E-state index is 13.4. The average Bonchev–Trinajstić information content (AvgIpc) is 2.85. The summed E-state index contributed by atoms with van der Waals surface area (Å²) in [6.07, 6.45) is 0. The molecule has 0 radical (unpaired) electrons. The number of benzene rings is 4. The number of phenolic OH excluding ortho intramolecular Hbond substituents is 4. The van der Waals surface area contributed by atoms with Crippen LogP contribution in [0.5, 0.6) is 23.0 Å². The molecule has 0 aliphatic heterocycles. The van der Waals surface area contributed by atoms with Gasteiger partial charge in [-0.05, 0) is 24.3 Å². The number of ketones is 3. The lowest BCUT2D eigenvalue weighted by Crippen LogP contribution is -2.37. The molecule has 36 heavy (non-hydrogen) atoms. The lowest BCUT2D eigenvalue weighted by Gasteiger charge is -2.37. The molecular formula is C28H16O8. The number of hydrogen-bond acceptors (Lipinski definition) is 8. The maximum Gasteiger partial charge on any atom is 0.201 e. The normalized spacial score (nSPS) is 15.1. The van der Waals surface area contributed by atoms with E-state index in [0.717, 1.165) is 0 Å². The monoisotopic (exact) mass is 480 g/mol. The summed E-state index contributed by atoms with van der Waals surface area (Å²) in [7, 11) is 0. The highest BCUT2D eigenvalue weighted by atomic mass is 16.3. The molecule has 0 saturated carbocycles. The predicted molar refractivity (Wildman–Crippen MR) is 125 cm³/mol. The average molecular weight is 480 g/mol. The summed E-state index contributed by atoms with van der Waals surface area (Å²) in [6.45, 7) is 0. The first-order valence-corrected chi connectivity index (χ1v) is 10.9. The minimum atomic E-state index is -2.31. The molecule has 2 aliphatic carbocycles. The van der Waals surface area contributed by atoms with Crippen LogP contribution < -0.4 is 0 Å². The number of carbonyl (C=O) groups excluding carboxylic acids is 3. The molecule has 0 fully saturated rings. The van der Waals surface area contributed by atoms with Crippen molar-refractivity contribution in [1.82, 2.24) is 0 Å². The fourth-order valence-electron chi connectivity index (χ4n) is 5.26. The molecule has 0 aromatic heterocycles. The highest BCUT2D eigenvalue weighted by molar-refractivity contribution is 6.30. The largest absolute Gasteiger partial charge is 0.507 e. The Morgan fingerprint density at radius 3 is 1.53 bits per heavy atom. The third-order valence-electron chi connectivity index (χ3n) is 6.87. The van der Waals surface area contributed by atoms with Gasteiger partial charge in [0.2, 0.25) is 11.6 Å². The lowest BCUT2D eigenvalue weighted by atomic mass is 9.69. The smallest absolute Gasteiger partial charge is 0.201 e. The van der Waals surface area contributed by atoms with Gasteiger partial charge in [0.25, 0.3) is 0 Å². The molecule has 8 nitrogen and oxygen atoms in total. The summed E-state index contributed by atoms with van der Waals surface area (Å²) < 4.78 is 0. The Bertz CT molecular complexity index is 1640. The van der Waals surface area contributed by atoms with Crippen molar-refractivity contribution >= 4 is 17.3 Å². The SMILES string of the molecule is O=C1c2cccc(O)c2C(=O)c2c1ccc(C1(O)c3cccc(O)c3C(=O)c3c(O)cccc31)c2O. The second-order valence-corrected chi connectivity index (χ2v) is 8.68. The van der Waals surface area contributed by atoms with Crippen LogP contribution in [0.15, 0.2) is 66.7 Å². The van der Waals surface area contributed by atoms with E-state index in [2.05, 4.69) is 0 Å². The van der Waals surface area contributed by atoms with E-state index < -0.39 is 51.5 Å². The van der Waals surface area contributed by atoms with Crippen LogP contribution in [0, 0.1) is 0 Å². The van der Waals surface area contributed by atoms with Crippen molar-refractivity contribution in [1.29, 1.82) is 0 Å². The van der Waals surface area contributed by atoms with E-state index in [1.54, 1.807) is 0 Å². The number of phenols is 4. The van der Waals surface area contributed by atoms with Gasteiger partial charge in [-0.3, -0.25) is 14.4 Å². The van der Waals surface area contributed by atoms with Gasteiger partial charge in [0, 0.05) is 27.8 Å². The molecule has 5 N–H and O–H groups in total. The molecule has 0 bridgehead atoms. The van der Waals surface area contributed by atoms with Crippen molar-refractivity contribution in [3.8, 4) is 23.0 Å². The van der Waals surface area contributed by atoms with Crippen LogP contribution in [0.25, 0.3) is 0 Å². The summed E-state index contributed by atoms with van der Waals surface area (Å²) in [6, 6.07) is 14.6. The third-order valence-corrected chi connectivity index (χ3v) is 6.87. The number of aromatic hydroxyl groups is 4. The second kappa shape index (κ2) is 7.03. The molecule has 0 unspecified atom stereocenters. The van der Waals surface area contributed by atoms with Gasteiger partial charge in [-0.25, -0.2) is 0 Å². The molecular weight excluding hydrogens is 464 g/mol. The van der Waals surface area contributed by atoms with Crippen molar-refractivity contribution in [2.45, 2.75) is 5.60 Å². The predicted octanol–water partition coefficient (Wildman–Crippen LogP) is 3.11. The minimum absolute atomic E-state index is 0.0211. The van der Waals surface area contributed by atoms with Crippen molar-refractivity contribution < 1.29 is 39.9 Å². The van der Waals surface area contributed by atoms with Gasteiger partial charge in [0.1, 0.15) is 28.6 Å². The van der Waals surface area contributed by atoms with Crippen LogP contribution in [-0.4, -0.2) is 42.9 Å². The highest BCUT2D eigenvalue weighted by Crippen LogP contribution is 2.52. The van der Waals surface area contributed by atoms with Gasteiger partial charge in [0.15, 0.2) is 5.78 Å². The van der Waals surface area contributed by atoms with Gasteiger partial charge >= 0.3 is 0 Å². The summed E-state index contributed by atoms with van der Waals surface area (Å²) in [5.41, 5.74) is -4.13. The molecule has 6 rings (SSSR count). The summed E-state index contributed by atoms with van der Waals surface area (Å²) in [4.78, 5) is 39.7. The zero-order valence-electron chi connectivity index (χ0n) is 18.3. The second-order valence-electron chi connectivity index (χ2n) is 8.68. The molecule has 2 aliphatic rings. The van der Waals surface area contributed by atoms with Crippen LogP contribution in [0.3, 0.4) is 0 Å². The van der Waals surface area contributed by atoms with Crippen LogP contribution in [0.4, 0.5) is 0 Å². The van der Waals surface area contributed by atoms with Gasteiger partial charge in [-0.1, -0.05) is 42.5 Å². The molecule has 8 heteroatoms. The van der Waals surface area contributed by atoms with Gasteiger partial charge < -0.3 is 25.5 Å². The standard InChI is InChI=1S/C28H16O8/c29-17-7-1-4-12-20(17)26(34)21-13(24(12)32)10-11-16(25(21)33)28(36)14-5-2-8-18(30)22(14)27(35)23-15(28)6-3-9-19(23)31/h1-11,29-31,33,36H. The van der Waals surface area contributed by atoms with E-state index >= 15 is 0 Å². The van der Waals surface area contributed by atoms with Gasteiger partial charge in [-0.2, -0.15) is 0 Å². The number of carbonyl (C=O) groups is 3. The van der Waals surface area contributed by atoms with E-state index in [0.29, 0.717) is 0 Å². The lowest BCUT2D eigenvalue weighted by molar-refractivity contribution is 0.0925. The Hall–Kier alpha value is -4.95. The van der Waals surface area contributed by atoms with E-state index in [1.807, 2.05) is 0 Å². The number of aliphatic hydroxyl groups is 1. The molecule has 176 valence electrons. The van der Waals surface area contributed by atoms with Crippen molar-refractivity contribution in [3.05, 3.63) is 117 Å². The Morgan fingerprint density at radius 2 is 0.944 bits per heavy atom. The van der Waals surface area contributed by atoms with Gasteiger partial charge in [-0.15, -0.1) is 0 Å². The summed E-state index contributed by atoms with van der Waals surface area (Å²) in [5, 5.41) is 54.9. The van der Waals surface area contributed by atoms with E-state index in [9.17, 15) is 39.9 Å². The fourth-order valence-corrected chi connectivity index (χ4v) is 5.26. The third kappa shape index (κ3) is 2.48. The number of hydrogen-bond donors (Lipinski definition) is 5. The molecule has 0 atom stereocenters. The Morgan fingerprint density at radius 1 is 0.472 bits per heavy atom. The van der Waals surface area contributed by atoms with E-state index in [4.69, 9.17) is 0 Å². The molecule has 0 saturated heterocycles. The fraction of sp³-hybridized carbons (Fsp3) is 0.0357. The Labute approximate surface area is 203 Å². The van der Waals surface area contributed by atoms with Crippen LogP contribution in [0.2, 0.25) is 0 Å². The summed E-state index contributed by atoms with van der Waals surface area (Å²) >= 11 is 0. The van der Waals surface area contributed by atoms with Crippen molar-refractivity contribution in [3.63, 3.8) is 0 Å². The Kier molecular flexibility index (Phi) is 4.21. The highest BCUT2D eigenvalue weighted by Gasteiger charge is 2.48. The minimum Gasteiger partial charge on any atom is -0.507 e. The molecule has 0 spiro atoms. The van der Waals surface area contributed by atoms with E-state index in [1.165, 1.54) is 66.7 Å². The van der Waals surface area contributed by atoms with Gasteiger partial charge in [0.05, 0.1) is 22.3 Å². The van der Waals surface area contributed by atoms with Crippen molar-refractivity contribution in [2.24, 2.45) is 0 Å². The zero-order valence-corrected chi connectivity index (χ0v) is 18.3. The first-order chi connectivity index (χ1) is 17.2. The Balaban J connectivity index is 1.70. The topological polar surface area (TPSA) is 152 Å². The summed E-state index contributed by atoms with van der Waals surface area (Å²) in [5.74, 6) is -4.23. The number of fused-ring (bicyclic) bond motifs is 4. The molecule has 0 heterocycles. The first kappa shape index (κ1) is 21.6. The van der Waals surface area contributed by atoms with Crippen LogP contribution in [0.1, 0.15) is 64.5 Å². The maximum absolute atomic E-state index is 13.4. The van der Waals surface area contributed by atoms with Crippen LogP contribution >= 0.6 is 0 Å². The van der Waals surface area contributed by atoms with Crippen LogP contribution in [-0.2, 0) is 5.60 Å². The molecule has 4 aromatic rings. The molecule has 0 amide bonds. The molecule has 4 aromatic carbocycles.